The summed E-state index contributed by atoms with van der Waals surface area (Å²) < 4.78 is 30.9. The summed E-state index contributed by atoms with van der Waals surface area (Å²) >= 11 is 0. The Morgan fingerprint density at radius 1 is 1.26 bits per heavy atom. The molecule has 0 bridgehead atoms. The van der Waals surface area contributed by atoms with Crippen LogP contribution in [0.25, 0.3) is 0 Å². The van der Waals surface area contributed by atoms with Crippen molar-refractivity contribution in [2.24, 2.45) is 5.41 Å². The number of nitrogens with one attached hydrogen (secondary N) is 1. The van der Waals surface area contributed by atoms with E-state index in [1.165, 1.54) is 0 Å². The fraction of sp³-hybridized carbons (Fsp3) is 0.800. The van der Waals surface area contributed by atoms with Gasteiger partial charge in [0.2, 0.25) is 5.91 Å². The van der Waals surface area contributed by atoms with Crippen molar-refractivity contribution in [3.05, 3.63) is 0 Å². The van der Waals surface area contributed by atoms with E-state index in [1.807, 2.05) is 0 Å². The third-order valence-electron chi connectivity index (χ3n) is 2.16. The molecule has 0 heterocycles. The van der Waals surface area contributed by atoms with Crippen LogP contribution < -0.4 is 34.9 Å². The molecule has 0 saturated carbocycles. The maximum Gasteiger partial charge on any atom is 1.00 e. The number of carboxylic acid groups (broad SMARTS) is 1. The Morgan fingerprint density at radius 2 is 1.79 bits per heavy atom. The molecule has 0 aliphatic carbocycles. The van der Waals surface area contributed by atoms with E-state index in [0.29, 0.717) is 0 Å². The Bertz CT molecular complexity index is 406. The van der Waals surface area contributed by atoms with Crippen molar-refractivity contribution in [1.29, 1.82) is 0 Å². The van der Waals surface area contributed by atoms with Crippen molar-refractivity contribution in [3.63, 3.8) is 0 Å². The Morgan fingerprint density at radius 3 is 2.21 bits per heavy atom. The smallest absolute Gasteiger partial charge is 0.748 e. The monoisotopic (exact) mass is 303 g/mol. The average Bonchev–Trinajstić information content (AvgIpc) is 2.07. The Kier molecular flexibility index (Phi) is 9.92. The molecule has 19 heavy (non-hydrogen) atoms. The van der Waals surface area contributed by atoms with Crippen LogP contribution in [-0.2, 0) is 19.7 Å². The van der Waals surface area contributed by atoms with E-state index in [-0.39, 0.29) is 61.3 Å². The molecular weight excluding hydrogens is 285 g/mol. The standard InChI is InChI=1S/C10H19NO6S.Na/c1-10(2,7-9(13)14)6-8(12)11-4-3-5-18(15,16)17;/h3-7H2,1-2H3,(H,11,12)(H,13,14)(H,15,16,17);/q;+1/p-1. The summed E-state index contributed by atoms with van der Waals surface area (Å²) in [4.78, 5) is 22.0. The molecule has 0 spiro atoms. The average molecular weight is 303 g/mol. The number of amides is 1. The SMILES string of the molecule is CC(C)(CC(=O)O)CC(=O)NCCCS(=O)(=O)[O-].[Na+]. The first-order valence-electron chi connectivity index (χ1n) is 5.44. The quantitative estimate of drug-likeness (QED) is 0.279. The van der Waals surface area contributed by atoms with Gasteiger partial charge in [-0.1, -0.05) is 13.8 Å². The van der Waals surface area contributed by atoms with Crippen molar-refractivity contribution >= 4 is 22.0 Å². The molecule has 0 aromatic carbocycles. The molecule has 7 nitrogen and oxygen atoms in total. The number of rotatable bonds is 8. The summed E-state index contributed by atoms with van der Waals surface area (Å²) in [5.74, 6) is -1.86. The topological polar surface area (TPSA) is 124 Å². The number of hydrogen-bond acceptors (Lipinski definition) is 5. The van der Waals surface area contributed by atoms with Crippen LogP contribution in [0.15, 0.2) is 0 Å². The summed E-state index contributed by atoms with van der Waals surface area (Å²) in [5.41, 5.74) is -0.666. The predicted molar refractivity (Wildman–Crippen MR) is 62.8 cm³/mol. The van der Waals surface area contributed by atoms with Gasteiger partial charge in [-0.25, -0.2) is 8.42 Å². The first kappa shape index (κ1) is 21.2. The molecule has 0 rings (SSSR count). The van der Waals surface area contributed by atoms with Gasteiger partial charge in [-0.05, 0) is 11.8 Å². The molecule has 9 heteroatoms. The number of carbonyl (C=O) groups is 2. The zero-order valence-electron chi connectivity index (χ0n) is 11.4. The van der Waals surface area contributed by atoms with Gasteiger partial charge in [0.1, 0.15) is 0 Å². The van der Waals surface area contributed by atoms with Crippen LogP contribution in [-0.4, -0.2) is 42.3 Å². The summed E-state index contributed by atoms with van der Waals surface area (Å²) in [6.45, 7) is 3.40. The van der Waals surface area contributed by atoms with Crippen molar-refractivity contribution in [2.75, 3.05) is 12.3 Å². The maximum atomic E-state index is 11.4. The first-order chi connectivity index (χ1) is 8.02. The number of hydrogen-bond donors (Lipinski definition) is 2. The minimum atomic E-state index is -4.25. The van der Waals surface area contributed by atoms with E-state index in [4.69, 9.17) is 5.11 Å². The van der Waals surface area contributed by atoms with Crippen molar-refractivity contribution in [2.45, 2.75) is 33.1 Å². The molecule has 0 atom stereocenters. The largest absolute Gasteiger partial charge is 1.00 e. The van der Waals surface area contributed by atoms with Crippen LogP contribution in [0.3, 0.4) is 0 Å². The van der Waals surface area contributed by atoms with Gasteiger partial charge in [-0.3, -0.25) is 9.59 Å². The molecule has 106 valence electrons. The Labute approximate surface area is 135 Å². The fourth-order valence-electron chi connectivity index (χ4n) is 1.45. The predicted octanol–water partition coefficient (Wildman–Crippen LogP) is -3.07. The summed E-state index contributed by atoms with van der Waals surface area (Å²) in [6, 6.07) is 0. The summed E-state index contributed by atoms with van der Waals surface area (Å²) in [7, 11) is -4.25. The van der Waals surface area contributed by atoms with Crippen LogP contribution in [0.1, 0.15) is 33.1 Å². The molecule has 0 aromatic rings. The third-order valence-corrected chi connectivity index (χ3v) is 2.95. The second kappa shape index (κ2) is 8.91. The Balaban J connectivity index is 0. The molecule has 1 amide bonds. The van der Waals surface area contributed by atoms with Crippen LogP contribution >= 0.6 is 0 Å². The zero-order valence-corrected chi connectivity index (χ0v) is 14.2. The van der Waals surface area contributed by atoms with Crippen molar-refractivity contribution < 1.29 is 57.2 Å². The van der Waals surface area contributed by atoms with Gasteiger partial charge < -0.3 is 15.0 Å². The molecule has 0 saturated heterocycles. The van der Waals surface area contributed by atoms with E-state index in [1.54, 1.807) is 13.8 Å². The second-order valence-corrected chi connectivity index (χ2v) is 6.40. The van der Waals surface area contributed by atoms with E-state index in [9.17, 15) is 22.6 Å². The van der Waals surface area contributed by atoms with Gasteiger partial charge in [0.25, 0.3) is 0 Å². The first-order valence-corrected chi connectivity index (χ1v) is 7.02. The van der Waals surface area contributed by atoms with Crippen molar-refractivity contribution in [3.8, 4) is 0 Å². The van der Waals surface area contributed by atoms with Gasteiger partial charge in [0.05, 0.1) is 16.5 Å². The van der Waals surface area contributed by atoms with Crippen molar-refractivity contribution in [1.82, 2.24) is 5.32 Å². The summed E-state index contributed by atoms with van der Waals surface area (Å²) in [5, 5.41) is 11.1. The summed E-state index contributed by atoms with van der Waals surface area (Å²) in [6.07, 6.45) is -0.0459. The molecule has 0 aliphatic rings. The minimum Gasteiger partial charge on any atom is -0.748 e. The molecular formula is C10H18NNaO6S. The van der Waals surface area contributed by atoms with Crippen LogP contribution in [0.2, 0.25) is 0 Å². The molecule has 0 aliphatic heterocycles. The number of aliphatic carboxylic acids is 1. The van der Waals surface area contributed by atoms with Gasteiger partial charge in [-0.2, -0.15) is 0 Å². The van der Waals surface area contributed by atoms with E-state index >= 15 is 0 Å². The number of carboxylic acids is 1. The minimum absolute atomic E-state index is 0. The normalized spacial score (nSPS) is 11.5. The van der Waals surface area contributed by atoms with Gasteiger partial charge >= 0.3 is 35.5 Å². The zero-order chi connectivity index (χ0) is 14.4. The number of carbonyl (C=O) groups excluding carboxylic acids is 1. The fourth-order valence-corrected chi connectivity index (χ4v) is 1.94. The molecule has 0 fully saturated rings. The van der Waals surface area contributed by atoms with Gasteiger partial charge in [-0.15, -0.1) is 0 Å². The van der Waals surface area contributed by atoms with E-state index < -0.39 is 27.3 Å². The van der Waals surface area contributed by atoms with Gasteiger partial charge in [0.15, 0.2) is 0 Å². The molecule has 0 aromatic heterocycles. The maximum absolute atomic E-state index is 11.4. The second-order valence-electron chi connectivity index (χ2n) is 4.88. The van der Waals surface area contributed by atoms with Gasteiger partial charge in [0, 0.05) is 18.7 Å². The van der Waals surface area contributed by atoms with E-state index in [0.717, 1.165) is 0 Å². The molecule has 0 unspecified atom stereocenters. The third kappa shape index (κ3) is 14.1. The van der Waals surface area contributed by atoms with Crippen LogP contribution in [0, 0.1) is 5.41 Å². The molecule has 2 N–H and O–H groups in total. The van der Waals surface area contributed by atoms with Crippen LogP contribution in [0.4, 0.5) is 0 Å². The Hall–Kier alpha value is -0.150. The molecule has 0 radical (unpaired) electrons. The van der Waals surface area contributed by atoms with E-state index in [2.05, 4.69) is 5.32 Å². The van der Waals surface area contributed by atoms with Crippen LogP contribution in [0.5, 0.6) is 0 Å².